The second-order valence-corrected chi connectivity index (χ2v) is 16.7. The second-order valence-electron chi connectivity index (χ2n) is 9.68. The van der Waals surface area contributed by atoms with Crippen LogP contribution in [0, 0.1) is 0 Å². The average Bonchev–Trinajstić information content (AvgIpc) is 2.64. The molecule has 0 radical (unpaired) electrons. The van der Waals surface area contributed by atoms with Crippen LogP contribution < -0.4 is 0 Å². The molecule has 0 aliphatic rings. The highest BCUT2D eigenvalue weighted by Gasteiger charge is 2.15. The van der Waals surface area contributed by atoms with Gasteiger partial charge in [-0.25, -0.2) is 0 Å². The molecular weight excluding hydrogens is 396 g/mol. The Labute approximate surface area is 188 Å². The molecule has 0 heterocycles. The third-order valence-electron chi connectivity index (χ3n) is 5.91. The Bertz CT molecular complexity index is 355. The number of carbonyl (C=O) groups is 1. The van der Waals surface area contributed by atoms with Crippen molar-refractivity contribution in [3.63, 3.8) is 0 Å². The number of unbranched alkanes of at least 4 members (excludes halogenated alkanes) is 19. The van der Waals surface area contributed by atoms with Gasteiger partial charge in [0.25, 0.3) is 0 Å². The first-order chi connectivity index (χ1) is 13.9. The van der Waals surface area contributed by atoms with Crippen LogP contribution in [0.4, 0.5) is 0 Å². The van der Waals surface area contributed by atoms with Crippen LogP contribution in [0.3, 0.4) is 0 Å². The van der Waals surface area contributed by atoms with E-state index >= 15 is 0 Å². The van der Waals surface area contributed by atoms with E-state index in [1.807, 2.05) is 0 Å². The van der Waals surface area contributed by atoms with Crippen LogP contribution in [0.25, 0.3) is 0 Å². The molecule has 1 N–H and O–H groups in total. The van der Waals surface area contributed by atoms with Crippen molar-refractivity contribution in [2.75, 3.05) is 0 Å². The lowest BCUT2D eigenvalue weighted by Gasteiger charge is -2.11. The van der Waals surface area contributed by atoms with Crippen LogP contribution in [-0.2, 0) is 4.79 Å². The maximum absolute atomic E-state index is 10.4. The second kappa shape index (κ2) is 21.2. The minimum Gasteiger partial charge on any atom is -0.481 e. The van der Waals surface area contributed by atoms with Gasteiger partial charge in [-0.3, -0.25) is 4.79 Å². The Hall–Kier alpha value is -0.0231. The highest BCUT2D eigenvalue weighted by atomic mass is 35.6. The van der Waals surface area contributed by atoms with Crippen molar-refractivity contribution in [2.45, 2.75) is 154 Å². The van der Waals surface area contributed by atoms with E-state index in [0.717, 1.165) is 12.8 Å². The van der Waals surface area contributed by atoms with Gasteiger partial charge in [-0.15, -0.1) is 0 Å². The summed E-state index contributed by atoms with van der Waals surface area (Å²) in [6, 6.07) is 1.28. The summed E-state index contributed by atoms with van der Waals surface area (Å²) >= 11 is 6.36. The van der Waals surface area contributed by atoms with Crippen molar-refractivity contribution in [3.8, 4) is 0 Å². The summed E-state index contributed by atoms with van der Waals surface area (Å²) in [6.45, 7) is 4.51. The predicted molar refractivity (Wildman–Crippen MR) is 133 cm³/mol. The van der Waals surface area contributed by atoms with Crippen LogP contribution >= 0.6 is 11.1 Å². The molecule has 0 unspecified atom stereocenters. The van der Waals surface area contributed by atoms with Crippen molar-refractivity contribution in [1.82, 2.24) is 0 Å². The van der Waals surface area contributed by atoms with Gasteiger partial charge >= 0.3 is 5.97 Å². The van der Waals surface area contributed by atoms with E-state index in [1.54, 1.807) is 0 Å². The monoisotopic (exact) mass is 446 g/mol. The molecular formula is C25H51ClO2Si. The van der Waals surface area contributed by atoms with Gasteiger partial charge in [0.2, 0.25) is 0 Å². The molecule has 2 nitrogen and oxygen atoms in total. The Balaban J connectivity index is 3.04. The fourth-order valence-electron chi connectivity index (χ4n) is 4.00. The molecule has 0 rings (SSSR count). The summed E-state index contributed by atoms with van der Waals surface area (Å²) in [7, 11) is -1.32. The van der Waals surface area contributed by atoms with Crippen LogP contribution in [0.2, 0.25) is 19.1 Å². The van der Waals surface area contributed by atoms with Gasteiger partial charge in [-0.2, -0.15) is 11.1 Å². The Morgan fingerprint density at radius 2 is 0.793 bits per heavy atom. The van der Waals surface area contributed by atoms with Crippen molar-refractivity contribution >= 4 is 24.4 Å². The van der Waals surface area contributed by atoms with Crippen LogP contribution in [-0.4, -0.2) is 18.5 Å². The van der Waals surface area contributed by atoms with Crippen molar-refractivity contribution in [1.29, 1.82) is 0 Å². The zero-order valence-corrected chi connectivity index (χ0v) is 21.5. The van der Waals surface area contributed by atoms with E-state index in [0.29, 0.717) is 6.42 Å². The fraction of sp³-hybridized carbons (Fsp3) is 0.960. The molecule has 0 aromatic heterocycles. The summed E-state index contributed by atoms with van der Waals surface area (Å²) < 4.78 is 0. The first-order valence-corrected chi connectivity index (χ1v) is 17.0. The fourth-order valence-corrected chi connectivity index (χ4v) is 5.50. The number of carboxylic acids is 1. The summed E-state index contributed by atoms with van der Waals surface area (Å²) in [6.07, 6.45) is 27.3. The van der Waals surface area contributed by atoms with Crippen molar-refractivity contribution in [3.05, 3.63) is 0 Å². The maximum Gasteiger partial charge on any atom is 0.303 e. The molecule has 0 saturated heterocycles. The highest BCUT2D eigenvalue weighted by Crippen LogP contribution is 2.19. The zero-order chi connectivity index (χ0) is 21.6. The molecule has 0 aliphatic carbocycles. The molecule has 29 heavy (non-hydrogen) atoms. The van der Waals surface area contributed by atoms with Crippen LogP contribution in [0.1, 0.15) is 135 Å². The standard InChI is InChI=1S/C25H51ClO2Si/c1-29(2,26)24-22-20-18-16-14-12-10-8-6-4-3-5-7-9-11-13-15-17-19-21-23-25(27)28/h3-24H2,1-2H3,(H,27,28). The Morgan fingerprint density at radius 1 is 0.552 bits per heavy atom. The molecule has 0 bridgehead atoms. The van der Waals surface area contributed by atoms with Crippen molar-refractivity contribution in [2.24, 2.45) is 0 Å². The van der Waals surface area contributed by atoms with Gasteiger partial charge in [0.1, 0.15) is 7.38 Å². The molecule has 0 aromatic rings. The summed E-state index contributed by atoms with van der Waals surface area (Å²) in [5.74, 6) is -0.653. The molecule has 0 amide bonds. The summed E-state index contributed by atoms with van der Waals surface area (Å²) in [5, 5.41) is 8.59. The minimum atomic E-state index is -1.32. The first kappa shape index (κ1) is 29.0. The Morgan fingerprint density at radius 3 is 1.03 bits per heavy atom. The summed E-state index contributed by atoms with van der Waals surface area (Å²) in [5.41, 5.74) is 0. The van der Waals surface area contributed by atoms with E-state index in [2.05, 4.69) is 13.1 Å². The number of aliphatic carboxylic acids is 1. The third kappa shape index (κ3) is 28.0. The molecule has 0 fully saturated rings. The average molecular weight is 447 g/mol. The first-order valence-electron chi connectivity index (χ1n) is 12.8. The van der Waals surface area contributed by atoms with E-state index in [1.165, 1.54) is 122 Å². The molecule has 0 spiro atoms. The normalized spacial score (nSPS) is 11.8. The maximum atomic E-state index is 10.4. The third-order valence-corrected chi connectivity index (χ3v) is 8.02. The zero-order valence-electron chi connectivity index (χ0n) is 19.8. The predicted octanol–water partition coefficient (Wildman–Crippen LogP) is 9.71. The van der Waals surface area contributed by atoms with Gasteiger partial charge in [0.05, 0.1) is 0 Å². The molecule has 0 atom stereocenters. The number of carboxylic acid groups (broad SMARTS) is 1. The number of rotatable bonds is 23. The number of halogens is 1. The van der Waals surface area contributed by atoms with Crippen LogP contribution in [0.15, 0.2) is 0 Å². The lowest BCUT2D eigenvalue weighted by atomic mass is 10.0. The molecule has 4 heteroatoms. The lowest BCUT2D eigenvalue weighted by molar-refractivity contribution is -0.137. The van der Waals surface area contributed by atoms with E-state index < -0.39 is 13.4 Å². The minimum absolute atomic E-state index is 0.342. The van der Waals surface area contributed by atoms with Gasteiger partial charge in [-0.05, 0) is 12.5 Å². The number of hydrogen-bond acceptors (Lipinski definition) is 1. The summed E-state index contributed by atoms with van der Waals surface area (Å²) in [4.78, 5) is 10.4. The van der Waals surface area contributed by atoms with E-state index in [4.69, 9.17) is 16.2 Å². The smallest absolute Gasteiger partial charge is 0.303 e. The van der Waals surface area contributed by atoms with Gasteiger partial charge in [0.15, 0.2) is 0 Å². The SMILES string of the molecule is C[Si](C)(Cl)CCCCCCCCCCCCCCCCCCCCCCC(=O)O. The largest absolute Gasteiger partial charge is 0.481 e. The quantitative estimate of drug-likeness (QED) is 0.0962. The van der Waals surface area contributed by atoms with E-state index in [-0.39, 0.29) is 0 Å². The van der Waals surface area contributed by atoms with E-state index in [9.17, 15) is 4.79 Å². The lowest BCUT2D eigenvalue weighted by Crippen LogP contribution is -2.14. The van der Waals surface area contributed by atoms with Gasteiger partial charge < -0.3 is 5.11 Å². The molecule has 0 saturated carbocycles. The van der Waals surface area contributed by atoms with Gasteiger partial charge in [-0.1, -0.05) is 135 Å². The van der Waals surface area contributed by atoms with Crippen LogP contribution in [0.5, 0.6) is 0 Å². The molecule has 0 aromatic carbocycles. The number of hydrogen-bond donors (Lipinski definition) is 1. The topological polar surface area (TPSA) is 37.3 Å². The molecule has 0 aliphatic heterocycles. The van der Waals surface area contributed by atoms with Gasteiger partial charge in [0, 0.05) is 6.42 Å². The van der Waals surface area contributed by atoms with Crippen molar-refractivity contribution < 1.29 is 9.90 Å². The Kier molecular flexibility index (Phi) is 21.2. The molecule has 174 valence electrons. The highest BCUT2D eigenvalue weighted by molar-refractivity contribution is 7.19.